The summed E-state index contributed by atoms with van der Waals surface area (Å²) >= 11 is 1.68. The van der Waals surface area contributed by atoms with Crippen LogP contribution in [0.1, 0.15) is 31.0 Å². The quantitative estimate of drug-likeness (QED) is 0.621. The van der Waals surface area contributed by atoms with Gasteiger partial charge in [0.05, 0.1) is 12.6 Å². The fraction of sp³-hybridized carbons (Fsp3) is 0.450. The molecule has 0 spiro atoms. The van der Waals surface area contributed by atoms with Crippen LogP contribution in [0.25, 0.3) is 0 Å². The van der Waals surface area contributed by atoms with E-state index in [1.165, 1.54) is 11.1 Å². The zero-order chi connectivity index (χ0) is 18.8. The van der Waals surface area contributed by atoms with Crippen molar-refractivity contribution < 1.29 is 9.53 Å². The molecule has 1 unspecified atom stereocenters. The molecule has 0 aliphatic heterocycles. The Bertz CT molecular complexity index is 640. The molecule has 0 fully saturated rings. The van der Waals surface area contributed by atoms with Crippen molar-refractivity contribution in [2.45, 2.75) is 26.8 Å². The van der Waals surface area contributed by atoms with Crippen LogP contribution in [0.2, 0.25) is 0 Å². The highest BCUT2D eigenvalue weighted by Gasteiger charge is 2.19. The van der Waals surface area contributed by atoms with Crippen LogP contribution < -0.4 is 15.4 Å². The highest BCUT2D eigenvalue weighted by atomic mass is 32.1. The third-order valence-electron chi connectivity index (χ3n) is 4.31. The van der Waals surface area contributed by atoms with Gasteiger partial charge in [0, 0.05) is 6.54 Å². The lowest BCUT2D eigenvalue weighted by atomic mass is 10.1. The van der Waals surface area contributed by atoms with Crippen molar-refractivity contribution >= 4 is 17.4 Å². The SMILES string of the molecule is CCN(CC)C(CNC(=O)NCCOc1ccc(C)cc1)c1ccsc1. The fourth-order valence-corrected chi connectivity index (χ4v) is 3.51. The van der Waals surface area contributed by atoms with Crippen LogP contribution in [0.4, 0.5) is 4.79 Å². The van der Waals surface area contributed by atoms with Crippen molar-refractivity contribution in [3.05, 3.63) is 52.2 Å². The number of nitrogens with one attached hydrogen (secondary N) is 2. The van der Waals surface area contributed by atoms with E-state index < -0.39 is 0 Å². The third kappa shape index (κ3) is 6.35. The average Bonchev–Trinajstić information content (AvgIpc) is 3.18. The number of ether oxygens (including phenoxy) is 1. The molecule has 2 aromatic rings. The maximum atomic E-state index is 12.1. The summed E-state index contributed by atoms with van der Waals surface area (Å²) < 4.78 is 5.62. The molecule has 0 radical (unpaired) electrons. The molecule has 2 rings (SSSR count). The van der Waals surface area contributed by atoms with Crippen LogP contribution in [0.3, 0.4) is 0 Å². The number of rotatable bonds is 10. The summed E-state index contributed by atoms with van der Waals surface area (Å²) in [5.74, 6) is 0.817. The Morgan fingerprint density at radius 1 is 1.15 bits per heavy atom. The number of benzene rings is 1. The smallest absolute Gasteiger partial charge is 0.314 e. The van der Waals surface area contributed by atoms with E-state index in [4.69, 9.17) is 4.74 Å². The van der Waals surface area contributed by atoms with Gasteiger partial charge in [-0.2, -0.15) is 11.3 Å². The Hall–Kier alpha value is -2.05. The van der Waals surface area contributed by atoms with Gasteiger partial charge in [0.25, 0.3) is 0 Å². The first-order valence-electron chi connectivity index (χ1n) is 9.11. The second kappa shape index (κ2) is 10.8. The highest BCUT2D eigenvalue weighted by molar-refractivity contribution is 7.07. The van der Waals surface area contributed by atoms with Crippen LogP contribution in [0.15, 0.2) is 41.1 Å². The molecule has 0 bridgehead atoms. The van der Waals surface area contributed by atoms with Crippen LogP contribution in [0, 0.1) is 6.92 Å². The minimum absolute atomic E-state index is 0.162. The molecule has 142 valence electrons. The van der Waals surface area contributed by atoms with Crippen molar-refractivity contribution in [1.29, 1.82) is 0 Å². The molecule has 2 N–H and O–H groups in total. The molecule has 5 nitrogen and oxygen atoms in total. The van der Waals surface area contributed by atoms with Crippen LogP contribution >= 0.6 is 11.3 Å². The van der Waals surface area contributed by atoms with Crippen molar-refractivity contribution in [2.24, 2.45) is 0 Å². The molecule has 0 aliphatic rings. The van der Waals surface area contributed by atoms with E-state index in [1.54, 1.807) is 11.3 Å². The average molecular weight is 376 g/mol. The molecular formula is C20H29N3O2S. The van der Waals surface area contributed by atoms with Crippen LogP contribution in [-0.4, -0.2) is 43.7 Å². The summed E-state index contributed by atoms with van der Waals surface area (Å²) in [6.45, 7) is 9.72. The van der Waals surface area contributed by atoms with E-state index in [2.05, 4.69) is 46.2 Å². The first kappa shape index (κ1) is 20.3. The molecule has 0 saturated carbocycles. The third-order valence-corrected chi connectivity index (χ3v) is 5.02. The van der Waals surface area contributed by atoms with E-state index in [-0.39, 0.29) is 12.1 Å². The maximum Gasteiger partial charge on any atom is 0.314 e. The highest BCUT2D eigenvalue weighted by Crippen LogP contribution is 2.22. The van der Waals surface area contributed by atoms with Gasteiger partial charge in [0.1, 0.15) is 12.4 Å². The normalized spacial score (nSPS) is 12.0. The summed E-state index contributed by atoms with van der Waals surface area (Å²) in [6.07, 6.45) is 0. The maximum absolute atomic E-state index is 12.1. The Morgan fingerprint density at radius 3 is 2.50 bits per heavy atom. The second-order valence-corrected chi connectivity index (χ2v) is 6.87. The topological polar surface area (TPSA) is 53.6 Å². The first-order valence-corrected chi connectivity index (χ1v) is 10.1. The van der Waals surface area contributed by atoms with E-state index in [9.17, 15) is 4.79 Å². The number of aryl methyl sites for hydroxylation is 1. The molecular weight excluding hydrogens is 346 g/mol. The Balaban J connectivity index is 1.73. The predicted octanol–water partition coefficient (Wildman–Crippen LogP) is 3.82. The molecule has 26 heavy (non-hydrogen) atoms. The van der Waals surface area contributed by atoms with Gasteiger partial charge in [-0.25, -0.2) is 4.79 Å². The Morgan fingerprint density at radius 2 is 1.88 bits per heavy atom. The zero-order valence-electron chi connectivity index (χ0n) is 15.8. The largest absolute Gasteiger partial charge is 0.492 e. The number of carbonyl (C=O) groups is 1. The minimum Gasteiger partial charge on any atom is -0.492 e. The van der Waals surface area contributed by atoms with Gasteiger partial charge in [0.15, 0.2) is 0 Å². The number of hydrogen-bond donors (Lipinski definition) is 2. The molecule has 1 aromatic carbocycles. The molecule has 1 heterocycles. The van der Waals surface area contributed by atoms with E-state index in [1.807, 2.05) is 31.2 Å². The Labute approximate surface area is 160 Å². The lowest BCUT2D eigenvalue weighted by molar-refractivity contribution is 0.205. The van der Waals surface area contributed by atoms with Gasteiger partial charge in [-0.05, 0) is 54.5 Å². The van der Waals surface area contributed by atoms with E-state index >= 15 is 0 Å². The number of urea groups is 1. The van der Waals surface area contributed by atoms with Gasteiger partial charge in [-0.3, -0.25) is 4.90 Å². The van der Waals surface area contributed by atoms with Crippen molar-refractivity contribution in [3.63, 3.8) is 0 Å². The second-order valence-electron chi connectivity index (χ2n) is 6.09. The van der Waals surface area contributed by atoms with Crippen molar-refractivity contribution in [2.75, 3.05) is 32.8 Å². The van der Waals surface area contributed by atoms with Crippen LogP contribution in [-0.2, 0) is 0 Å². The van der Waals surface area contributed by atoms with Gasteiger partial charge in [0.2, 0.25) is 0 Å². The molecule has 6 heteroatoms. The number of hydrogen-bond acceptors (Lipinski definition) is 4. The van der Waals surface area contributed by atoms with Crippen molar-refractivity contribution in [3.8, 4) is 5.75 Å². The van der Waals surface area contributed by atoms with Gasteiger partial charge in [-0.15, -0.1) is 0 Å². The van der Waals surface area contributed by atoms with Crippen LogP contribution in [0.5, 0.6) is 5.75 Å². The number of carbonyl (C=O) groups excluding carboxylic acids is 1. The molecule has 1 aromatic heterocycles. The van der Waals surface area contributed by atoms with E-state index in [0.29, 0.717) is 19.7 Å². The number of nitrogens with zero attached hydrogens (tertiary/aromatic N) is 1. The van der Waals surface area contributed by atoms with Gasteiger partial charge < -0.3 is 15.4 Å². The lowest BCUT2D eigenvalue weighted by Crippen LogP contribution is -2.43. The Kier molecular flexibility index (Phi) is 8.44. The van der Waals surface area contributed by atoms with Gasteiger partial charge >= 0.3 is 6.03 Å². The zero-order valence-corrected chi connectivity index (χ0v) is 16.6. The lowest BCUT2D eigenvalue weighted by Gasteiger charge is -2.29. The number of thiophene rings is 1. The predicted molar refractivity (Wildman–Crippen MR) is 108 cm³/mol. The summed E-state index contributed by atoms with van der Waals surface area (Å²) in [4.78, 5) is 14.4. The summed E-state index contributed by atoms with van der Waals surface area (Å²) in [5, 5.41) is 10.1. The fourth-order valence-electron chi connectivity index (χ4n) is 2.81. The molecule has 0 saturated heterocycles. The number of amides is 2. The summed E-state index contributed by atoms with van der Waals surface area (Å²) in [5.41, 5.74) is 2.45. The summed E-state index contributed by atoms with van der Waals surface area (Å²) in [6, 6.07) is 10.1. The monoisotopic (exact) mass is 375 g/mol. The number of likely N-dealkylation sites (N-methyl/N-ethyl adjacent to an activating group) is 1. The summed E-state index contributed by atoms with van der Waals surface area (Å²) in [7, 11) is 0. The van der Waals surface area contributed by atoms with Gasteiger partial charge in [-0.1, -0.05) is 31.5 Å². The molecule has 2 amide bonds. The minimum atomic E-state index is -0.162. The first-order chi connectivity index (χ1) is 12.6. The standard InChI is InChI=1S/C20H29N3O2S/c1-4-23(5-2)19(17-10-13-26-15-17)14-22-20(24)21-11-12-25-18-8-6-16(3)7-9-18/h6-10,13,15,19H,4-5,11-12,14H2,1-3H3,(H2,21,22,24). The molecule has 1 atom stereocenters. The van der Waals surface area contributed by atoms with E-state index in [0.717, 1.165) is 18.8 Å². The molecule has 0 aliphatic carbocycles. The van der Waals surface area contributed by atoms with Crippen molar-refractivity contribution in [1.82, 2.24) is 15.5 Å².